The molecule has 84 valence electrons. The fourth-order valence-corrected chi connectivity index (χ4v) is 2.08. The molecule has 1 aromatic heterocycles. The van der Waals surface area contributed by atoms with Crippen LogP contribution in [0.5, 0.6) is 5.75 Å². The molecule has 0 aliphatic carbocycles. The molecule has 0 aliphatic heterocycles. The number of aryl methyl sites for hydroxylation is 1. The van der Waals surface area contributed by atoms with Crippen molar-refractivity contribution in [3.63, 3.8) is 0 Å². The van der Waals surface area contributed by atoms with Gasteiger partial charge >= 0.3 is 0 Å². The van der Waals surface area contributed by atoms with Gasteiger partial charge in [-0.05, 0) is 28.9 Å². The number of fused-ring (bicyclic) bond motifs is 1. The summed E-state index contributed by atoms with van der Waals surface area (Å²) < 4.78 is 11.0. The minimum atomic E-state index is -1.32. The SMILES string of the molecule is COc1cc2oc(C(=O)[O-])c(C)c2cc1Br. The smallest absolute Gasteiger partial charge is 0.153 e. The molecule has 0 fully saturated rings. The molecule has 0 atom stereocenters. The number of carboxylic acid groups (broad SMARTS) is 1. The molecule has 0 spiro atoms. The molecule has 0 saturated carbocycles. The first-order chi connectivity index (χ1) is 7.54. The Morgan fingerprint density at radius 2 is 2.19 bits per heavy atom. The summed E-state index contributed by atoms with van der Waals surface area (Å²) in [5.74, 6) is -0.870. The zero-order valence-corrected chi connectivity index (χ0v) is 10.3. The van der Waals surface area contributed by atoms with Crippen LogP contribution >= 0.6 is 15.9 Å². The van der Waals surface area contributed by atoms with E-state index in [1.54, 1.807) is 19.1 Å². The highest BCUT2D eigenvalue weighted by molar-refractivity contribution is 9.10. The Kier molecular flexibility index (Phi) is 2.63. The van der Waals surface area contributed by atoms with Crippen molar-refractivity contribution in [2.45, 2.75) is 6.92 Å². The van der Waals surface area contributed by atoms with Crippen LogP contribution in [0.25, 0.3) is 11.0 Å². The van der Waals surface area contributed by atoms with Crippen molar-refractivity contribution in [2.75, 3.05) is 7.11 Å². The average Bonchev–Trinajstić information content (AvgIpc) is 2.55. The summed E-state index contributed by atoms with van der Waals surface area (Å²) in [6.45, 7) is 1.68. The molecular formula is C11H8BrO4-. The first-order valence-electron chi connectivity index (χ1n) is 4.52. The normalized spacial score (nSPS) is 10.7. The second-order valence-electron chi connectivity index (χ2n) is 3.33. The van der Waals surface area contributed by atoms with Crippen LogP contribution in [0.3, 0.4) is 0 Å². The third-order valence-corrected chi connectivity index (χ3v) is 3.02. The Morgan fingerprint density at radius 3 is 2.75 bits per heavy atom. The minimum absolute atomic E-state index is 0.143. The first kappa shape index (κ1) is 11.0. The van der Waals surface area contributed by atoms with Crippen LogP contribution in [-0.4, -0.2) is 13.1 Å². The zero-order chi connectivity index (χ0) is 11.9. The topological polar surface area (TPSA) is 62.5 Å². The molecule has 0 aliphatic rings. The summed E-state index contributed by atoms with van der Waals surface area (Å²) in [6, 6.07) is 3.40. The maximum Gasteiger partial charge on any atom is 0.153 e. The van der Waals surface area contributed by atoms with Crippen LogP contribution in [0.15, 0.2) is 21.0 Å². The molecule has 0 N–H and O–H groups in total. The number of furan rings is 1. The van der Waals surface area contributed by atoms with Crippen LogP contribution in [0.4, 0.5) is 0 Å². The summed E-state index contributed by atoms with van der Waals surface area (Å²) in [7, 11) is 1.53. The first-order valence-corrected chi connectivity index (χ1v) is 5.32. The molecule has 0 unspecified atom stereocenters. The van der Waals surface area contributed by atoms with Crippen LogP contribution in [0, 0.1) is 6.92 Å². The highest BCUT2D eigenvalue weighted by atomic mass is 79.9. The second-order valence-corrected chi connectivity index (χ2v) is 4.18. The van der Waals surface area contributed by atoms with Crippen molar-refractivity contribution in [1.29, 1.82) is 0 Å². The van der Waals surface area contributed by atoms with Gasteiger partial charge in [0.1, 0.15) is 17.3 Å². The predicted octanol–water partition coefficient (Wildman–Crippen LogP) is 1.88. The maximum atomic E-state index is 10.8. The van der Waals surface area contributed by atoms with Crippen molar-refractivity contribution >= 4 is 32.9 Å². The van der Waals surface area contributed by atoms with E-state index in [4.69, 9.17) is 9.15 Å². The van der Waals surface area contributed by atoms with Gasteiger partial charge in [-0.2, -0.15) is 0 Å². The zero-order valence-electron chi connectivity index (χ0n) is 8.67. The third kappa shape index (κ3) is 1.57. The Hall–Kier alpha value is -1.49. The average molecular weight is 284 g/mol. The van der Waals surface area contributed by atoms with Crippen molar-refractivity contribution in [2.24, 2.45) is 0 Å². The summed E-state index contributed by atoms with van der Waals surface area (Å²) >= 11 is 3.33. The van der Waals surface area contributed by atoms with Gasteiger partial charge in [-0.3, -0.25) is 0 Å². The molecule has 0 bridgehead atoms. The summed E-state index contributed by atoms with van der Waals surface area (Å²) in [5.41, 5.74) is 1.02. The number of carbonyl (C=O) groups excluding carboxylic acids is 1. The second kappa shape index (κ2) is 3.83. The Labute approximate surface area is 99.9 Å². The van der Waals surface area contributed by atoms with Crippen LogP contribution in [0.2, 0.25) is 0 Å². The lowest BCUT2D eigenvalue weighted by Gasteiger charge is -2.01. The number of methoxy groups -OCH3 is 1. The number of carbonyl (C=O) groups is 1. The molecule has 1 heterocycles. The number of hydrogen-bond donors (Lipinski definition) is 0. The molecule has 16 heavy (non-hydrogen) atoms. The number of carboxylic acids is 1. The summed E-state index contributed by atoms with van der Waals surface area (Å²) in [4.78, 5) is 10.8. The number of aromatic carboxylic acids is 1. The molecule has 0 saturated heterocycles. The van der Waals surface area contributed by atoms with E-state index in [1.807, 2.05) is 0 Å². The number of hydrogen-bond acceptors (Lipinski definition) is 4. The van der Waals surface area contributed by atoms with Gasteiger partial charge < -0.3 is 19.1 Å². The van der Waals surface area contributed by atoms with E-state index >= 15 is 0 Å². The third-order valence-electron chi connectivity index (χ3n) is 2.40. The summed E-state index contributed by atoms with van der Waals surface area (Å²) in [6.07, 6.45) is 0. The van der Waals surface area contributed by atoms with Gasteiger partial charge in [-0.1, -0.05) is 0 Å². The molecule has 1 aromatic carbocycles. The number of rotatable bonds is 2. The Bertz CT molecular complexity index is 571. The van der Waals surface area contributed by atoms with Gasteiger partial charge in [0.2, 0.25) is 0 Å². The van der Waals surface area contributed by atoms with Crippen LogP contribution in [0.1, 0.15) is 16.1 Å². The molecule has 2 aromatic rings. The standard InChI is InChI=1S/C11H9BrO4/c1-5-6-3-7(12)9(15-2)4-8(6)16-10(5)11(13)14/h3-4H,1-2H3,(H,13,14)/p-1. The number of ether oxygens (including phenoxy) is 1. The van der Waals surface area contributed by atoms with Gasteiger partial charge in [0.25, 0.3) is 0 Å². The van der Waals surface area contributed by atoms with Gasteiger partial charge in [0, 0.05) is 17.0 Å². The largest absolute Gasteiger partial charge is 0.542 e. The van der Waals surface area contributed by atoms with Crippen molar-refractivity contribution in [1.82, 2.24) is 0 Å². The van der Waals surface area contributed by atoms with Gasteiger partial charge in [-0.25, -0.2) is 0 Å². The molecule has 0 radical (unpaired) electrons. The maximum absolute atomic E-state index is 10.8. The van der Waals surface area contributed by atoms with E-state index in [2.05, 4.69) is 15.9 Å². The highest BCUT2D eigenvalue weighted by Gasteiger charge is 2.13. The fourth-order valence-electron chi connectivity index (χ4n) is 1.57. The highest BCUT2D eigenvalue weighted by Crippen LogP contribution is 2.34. The molecule has 4 nitrogen and oxygen atoms in total. The van der Waals surface area contributed by atoms with Crippen LogP contribution in [-0.2, 0) is 0 Å². The molecular weight excluding hydrogens is 276 g/mol. The Balaban J connectivity index is 2.77. The van der Waals surface area contributed by atoms with E-state index in [9.17, 15) is 9.90 Å². The van der Waals surface area contributed by atoms with Gasteiger partial charge in [-0.15, -0.1) is 0 Å². The number of benzene rings is 1. The number of halogens is 1. The Morgan fingerprint density at radius 1 is 1.50 bits per heavy atom. The molecule has 2 rings (SSSR count). The predicted molar refractivity (Wildman–Crippen MR) is 59.5 cm³/mol. The van der Waals surface area contributed by atoms with E-state index in [0.717, 1.165) is 9.86 Å². The monoisotopic (exact) mass is 283 g/mol. The van der Waals surface area contributed by atoms with Crippen LogP contribution < -0.4 is 9.84 Å². The lowest BCUT2D eigenvalue weighted by molar-refractivity contribution is -0.257. The molecule has 5 heteroatoms. The lowest BCUT2D eigenvalue weighted by Crippen LogP contribution is -2.22. The van der Waals surface area contributed by atoms with E-state index in [0.29, 0.717) is 16.9 Å². The minimum Gasteiger partial charge on any atom is -0.542 e. The van der Waals surface area contributed by atoms with E-state index in [-0.39, 0.29) is 5.76 Å². The van der Waals surface area contributed by atoms with Gasteiger partial charge in [0.05, 0.1) is 11.6 Å². The summed E-state index contributed by atoms with van der Waals surface area (Å²) in [5, 5.41) is 11.5. The van der Waals surface area contributed by atoms with Crippen molar-refractivity contribution in [3.8, 4) is 5.75 Å². The van der Waals surface area contributed by atoms with E-state index < -0.39 is 5.97 Å². The lowest BCUT2D eigenvalue weighted by atomic mass is 10.1. The molecule has 0 amide bonds. The van der Waals surface area contributed by atoms with Gasteiger partial charge in [0.15, 0.2) is 5.76 Å². The quantitative estimate of drug-likeness (QED) is 0.844. The van der Waals surface area contributed by atoms with Crippen molar-refractivity contribution in [3.05, 3.63) is 27.9 Å². The van der Waals surface area contributed by atoms with E-state index in [1.165, 1.54) is 7.11 Å². The fraction of sp³-hybridized carbons (Fsp3) is 0.182. The van der Waals surface area contributed by atoms with Crippen molar-refractivity contribution < 1.29 is 19.1 Å².